The number of carbonyl (C=O) groups is 3. The molecule has 6 atom stereocenters. The second-order valence-corrected chi connectivity index (χ2v) is 12.7. The normalized spacial score (nSPS) is 21.8. The van der Waals surface area contributed by atoms with Crippen molar-refractivity contribution in [3.8, 4) is 0 Å². The predicted molar refractivity (Wildman–Crippen MR) is 201 cm³/mol. The SMILES string of the molecule is CC/C=C\C/C=C\C/C=C\C/C=C\CCC(=O)OCC(COC1OC(C(=O)O)C(O)C(O)C1O)OC(=O)CCCCCCC/C=C\C/C=C\CCC. The highest BCUT2D eigenvalue weighted by molar-refractivity contribution is 5.73. The number of allylic oxidation sites excluding steroid dienone is 12. The Morgan fingerprint density at radius 3 is 1.79 bits per heavy atom. The fourth-order valence-electron chi connectivity index (χ4n) is 5.04. The highest BCUT2D eigenvalue weighted by Crippen LogP contribution is 2.23. The van der Waals surface area contributed by atoms with Crippen LogP contribution in [0.4, 0.5) is 0 Å². The lowest BCUT2D eigenvalue weighted by Gasteiger charge is -2.38. The third-order valence-electron chi connectivity index (χ3n) is 8.03. The van der Waals surface area contributed by atoms with E-state index in [1.165, 1.54) is 0 Å². The van der Waals surface area contributed by atoms with Crippen LogP contribution in [-0.4, -0.2) is 88.4 Å². The molecule has 4 N–H and O–H groups in total. The number of unbranched alkanes of at least 4 members (excludes halogenated alkanes) is 6. The van der Waals surface area contributed by atoms with Gasteiger partial charge in [0.1, 0.15) is 24.9 Å². The first kappa shape index (κ1) is 46.7. The molecule has 1 heterocycles. The van der Waals surface area contributed by atoms with E-state index in [4.69, 9.17) is 18.9 Å². The molecule has 6 unspecified atom stereocenters. The number of aliphatic carboxylic acids is 1. The molecule has 1 rings (SSSR count). The summed E-state index contributed by atoms with van der Waals surface area (Å²) in [5.41, 5.74) is 0. The maximum absolute atomic E-state index is 12.7. The van der Waals surface area contributed by atoms with Crippen LogP contribution in [0.25, 0.3) is 0 Å². The number of ether oxygens (including phenoxy) is 4. The molecule has 1 aliphatic rings. The first-order valence-corrected chi connectivity index (χ1v) is 19.0. The third-order valence-corrected chi connectivity index (χ3v) is 8.03. The van der Waals surface area contributed by atoms with Gasteiger partial charge in [0.15, 0.2) is 18.5 Å². The van der Waals surface area contributed by atoms with Gasteiger partial charge < -0.3 is 39.4 Å². The van der Waals surface area contributed by atoms with Crippen molar-refractivity contribution in [2.75, 3.05) is 13.2 Å². The van der Waals surface area contributed by atoms with Crippen LogP contribution in [0.3, 0.4) is 0 Å². The standard InChI is InChI=1S/C41H64O11/c1-3-5-7-9-11-13-15-17-19-21-23-25-27-29-34(42)49-31-33(32-50-41-38(46)36(44)37(45)39(52-41)40(47)48)51-35(43)30-28-26-24-22-20-18-16-14-12-10-8-6-4-2/h5,7-8,10-11,13-14,16-17,19,23,25,33,36-39,41,44-46H,3-4,6,9,12,15,18,20-22,24,26-32H2,1-2H3,(H,47,48)/b7-5-,10-8-,13-11-,16-14-,19-17-,25-23-. The summed E-state index contributed by atoms with van der Waals surface area (Å²) in [4.78, 5) is 36.6. The van der Waals surface area contributed by atoms with Crippen LogP contribution in [0, 0.1) is 0 Å². The summed E-state index contributed by atoms with van der Waals surface area (Å²) in [6.07, 6.45) is 28.4. The summed E-state index contributed by atoms with van der Waals surface area (Å²) in [6, 6.07) is 0. The van der Waals surface area contributed by atoms with Crippen molar-refractivity contribution in [2.24, 2.45) is 0 Å². The molecule has 11 nitrogen and oxygen atoms in total. The number of rotatable bonds is 29. The van der Waals surface area contributed by atoms with Gasteiger partial charge in [-0.15, -0.1) is 0 Å². The predicted octanol–water partition coefficient (Wildman–Crippen LogP) is 6.97. The average Bonchev–Trinajstić information content (AvgIpc) is 3.12. The Balaban J connectivity index is 2.52. The van der Waals surface area contributed by atoms with Crippen LogP contribution in [0.15, 0.2) is 72.9 Å². The number of aliphatic hydroxyl groups excluding tert-OH is 3. The van der Waals surface area contributed by atoms with E-state index >= 15 is 0 Å². The fourth-order valence-corrected chi connectivity index (χ4v) is 5.04. The van der Waals surface area contributed by atoms with Gasteiger partial charge in [0, 0.05) is 12.8 Å². The molecule has 0 saturated carbocycles. The van der Waals surface area contributed by atoms with Crippen LogP contribution in [0.5, 0.6) is 0 Å². The molecule has 1 fully saturated rings. The minimum absolute atomic E-state index is 0.108. The number of carboxylic acids is 1. The van der Waals surface area contributed by atoms with E-state index in [-0.39, 0.29) is 19.4 Å². The lowest BCUT2D eigenvalue weighted by atomic mass is 9.99. The minimum atomic E-state index is -1.87. The van der Waals surface area contributed by atoms with E-state index in [2.05, 4.69) is 74.6 Å². The molecule has 0 aromatic heterocycles. The molecule has 0 radical (unpaired) electrons. The molecular formula is C41H64O11. The maximum Gasteiger partial charge on any atom is 0.335 e. The van der Waals surface area contributed by atoms with Crippen molar-refractivity contribution in [3.05, 3.63) is 72.9 Å². The highest BCUT2D eigenvalue weighted by atomic mass is 16.7. The Morgan fingerprint density at radius 1 is 0.615 bits per heavy atom. The van der Waals surface area contributed by atoms with Crippen molar-refractivity contribution in [2.45, 2.75) is 153 Å². The van der Waals surface area contributed by atoms with Crippen molar-refractivity contribution < 1.29 is 53.8 Å². The molecule has 0 bridgehead atoms. The first-order chi connectivity index (χ1) is 25.2. The van der Waals surface area contributed by atoms with Gasteiger partial charge in [0.05, 0.1) is 6.61 Å². The van der Waals surface area contributed by atoms with Crippen LogP contribution < -0.4 is 0 Å². The Bertz CT molecular complexity index is 1140. The third kappa shape index (κ3) is 23.3. The van der Waals surface area contributed by atoms with Gasteiger partial charge >= 0.3 is 17.9 Å². The zero-order valence-corrected chi connectivity index (χ0v) is 31.3. The van der Waals surface area contributed by atoms with Gasteiger partial charge in [-0.25, -0.2) is 4.79 Å². The van der Waals surface area contributed by atoms with E-state index in [1.54, 1.807) is 0 Å². The molecule has 0 aromatic rings. The van der Waals surface area contributed by atoms with E-state index in [0.717, 1.165) is 77.0 Å². The van der Waals surface area contributed by atoms with Crippen LogP contribution >= 0.6 is 0 Å². The summed E-state index contributed by atoms with van der Waals surface area (Å²) in [6.45, 7) is 3.51. The molecule has 294 valence electrons. The van der Waals surface area contributed by atoms with Gasteiger partial charge in [-0.1, -0.05) is 112 Å². The zero-order chi connectivity index (χ0) is 38.2. The average molecular weight is 733 g/mol. The number of carboxylic acid groups (broad SMARTS) is 1. The second-order valence-electron chi connectivity index (χ2n) is 12.7. The van der Waals surface area contributed by atoms with E-state index in [0.29, 0.717) is 12.8 Å². The monoisotopic (exact) mass is 732 g/mol. The zero-order valence-electron chi connectivity index (χ0n) is 31.3. The van der Waals surface area contributed by atoms with E-state index < -0.39 is 61.3 Å². The summed E-state index contributed by atoms with van der Waals surface area (Å²) in [7, 11) is 0. The molecule has 0 aromatic carbocycles. The molecular weight excluding hydrogens is 668 g/mol. The second kappa shape index (κ2) is 31.2. The summed E-state index contributed by atoms with van der Waals surface area (Å²) >= 11 is 0. The number of hydrogen-bond acceptors (Lipinski definition) is 10. The summed E-state index contributed by atoms with van der Waals surface area (Å²) < 4.78 is 21.5. The summed E-state index contributed by atoms with van der Waals surface area (Å²) in [5.74, 6) is -2.58. The molecule has 11 heteroatoms. The quantitative estimate of drug-likeness (QED) is 0.0356. The molecule has 0 aliphatic carbocycles. The molecule has 0 spiro atoms. The molecule has 1 aliphatic heterocycles. The van der Waals surface area contributed by atoms with Crippen LogP contribution in [0.2, 0.25) is 0 Å². The van der Waals surface area contributed by atoms with Crippen molar-refractivity contribution >= 4 is 17.9 Å². The van der Waals surface area contributed by atoms with Gasteiger partial charge in [0.25, 0.3) is 0 Å². The Morgan fingerprint density at radius 2 is 1.17 bits per heavy atom. The number of carbonyl (C=O) groups excluding carboxylic acids is 2. The van der Waals surface area contributed by atoms with Crippen molar-refractivity contribution in [3.63, 3.8) is 0 Å². The fraction of sp³-hybridized carbons (Fsp3) is 0.634. The van der Waals surface area contributed by atoms with Crippen LogP contribution in [-0.2, 0) is 33.3 Å². The molecule has 0 amide bonds. The van der Waals surface area contributed by atoms with E-state index in [1.807, 2.05) is 12.2 Å². The minimum Gasteiger partial charge on any atom is -0.479 e. The maximum atomic E-state index is 12.7. The topological polar surface area (TPSA) is 169 Å². The van der Waals surface area contributed by atoms with E-state index in [9.17, 15) is 34.8 Å². The lowest BCUT2D eigenvalue weighted by molar-refractivity contribution is -0.298. The molecule has 1 saturated heterocycles. The van der Waals surface area contributed by atoms with Crippen LogP contribution in [0.1, 0.15) is 117 Å². The summed E-state index contributed by atoms with van der Waals surface area (Å²) in [5, 5.41) is 39.6. The van der Waals surface area contributed by atoms with Crippen molar-refractivity contribution in [1.82, 2.24) is 0 Å². The largest absolute Gasteiger partial charge is 0.479 e. The van der Waals surface area contributed by atoms with Gasteiger partial charge in [-0.2, -0.15) is 0 Å². The Kier molecular flexibility index (Phi) is 28.0. The Hall–Kier alpha value is -3.35. The number of aliphatic hydroxyl groups is 3. The van der Waals surface area contributed by atoms with Gasteiger partial charge in [-0.05, 0) is 64.2 Å². The lowest BCUT2D eigenvalue weighted by Crippen LogP contribution is -2.60. The number of hydrogen-bond donors (Lipinski definition) is 4. The number of esters is 2. The highest BCUT2D eigenvalue weighted by Gasteiger charge is 2.47. The Labute approximate surface area is 310 Å². The first-order valence-electron chi connectivity index (χ1n) is 19.0. The van der Waals surface area contributed by atoms with Gasteiger partial charge in [0.2, 0.25) is 0 Å². The smallest absolute Gasteiger partial charge is 0.335 e. The van der Waals surface area contributed by atoms with Crippen molar-refractivity contribution in [1.29, 1.82) is 0 Å². The molecule has 52 heavy (non-hydrogen) atoms. The van der Waals surface area contributed by atoms with Gasteiger partial charge in [-0.3, -0.25) is 9.59 Å².